The van der Waals surface area contributed by atoms with E-state index in [1.807, 2.05) is 6.07 Å². The second-order valence-electron chi connectivity index (χ2n) is 6.98. The quantitative estimate of drug-likeness (QED) is 0.619. The molecular formula is C20H22BrN. The van der Waals surface area contributed by atoms with Crippen LogP contribution in [0.4, 0.5) is 0 Å². The van der Waals surface area contributed by atoms with Gasteiger partial charge < -0.3 is 0 Å². The first-order valence-corrected chi connectivity index (χ1v) is 8.66. The molecule has 0 bridgehead atoms. The molecule has 114 valence electrons. The summed E-state index contributed by atoms with van der Waals surface area (Å²) in [5.74, 6) is 0. The first-order chi connectivity index (χ1) is 10.4. The van der Waals surface area contributed by atoms with Gasteiger partial charge in [-0.15, -0.1) is 0 Å². The van der Waals surface area contributed by atoms with Gasteiger partial charge in [-0.2, -0.15) is 0 Å². The van der Waals surface area contributed by atoms with Gasteiger partial charge in [0.15, 0.2) is 0 Å². The third-order valence-corrected chi connectivity index (χ3v) is 5.00. The van der Waals surface area contributed by atoms with Crippen LogP contribution in [0.5, 0.6) is 0 Å². The van der Waals surface area contributed by atoms with Crippen LogP contribution in [0, 0.1) is 0 Å². The Hall–Kier alpha value is -1.41. The van der Waals surface area contributed by atoms with Crippen LogP contribution < -0.4 is 0 Å². The normalized spacial score (nSPS) is 18.4. The lowest BCUT2D eigenvalue weighted by Crippen LogP contribution is -2.10. The first kappa shape index (κ1) is 15.5. The molecule has 0 amide bonds. The number of nitrogens with zero attached hydrogens (tertiary/aromatic N) is 1. The summed E-state index contributed by atoms with van der Waals surface area (Å²) in [6, 6.07) is 17.7. The molecule has 0 saturated carbocycles. The highest BCUT2D eigenvalue weighted by molar-refractivity contribution is 9.10. The maximum atomic E-state index is 4.97. The van der Waals surface area contributed by atoms with Crippen molar-refractivity contribution in [1.29, 1.82) is 0 Å². The van der Waals surface area contributed by atoms with Crippen molar-refractivity contribution in [3.8, 4) is 0 Å². The van der Waals surface area contributed by atoms with E-state index in [2.05, 4.69) is 79.2 Å². The highest BCUT2D eigenvalue weighted by Gasteiger charge is 2.22. The Kier molecular flexibility index (Phi) is 4.22. The molecule has 3 rings (SSSR count). The fourth-order valence-electron chi connectivity index (χ4n) is 2.94. The summed E-state index contributed by atoms with van der Waals surface area (Å²) in [4.78, 5) is 4.97. The van der Waals surface area contributed by atoms with Gasteiger partial charge in [-0.25, -0.2) is 0 Å². The average molecular weight is 356 g/mol. The van der Waals surface area contributed by atoms with Gasteiger partial charge in [0.05, 0.1) is 6.04 Å². The Morgan fingerprint density at radius 2 is 1.68 bits per heavy atom. The van der Waals surface area contributed by atoms with Gasteiger partial charge in [0, 0.05) is 15.7 Å². The standard InChI is InChI=1S/C20H22BrN/c1-20(2,3)15-10-8-14(9-11-15)18-12-13-19(22-18)16-6-4-5-7-17(16)21/h4-11,18H,12-13H2,1-3H3. The molecule has 0 saturated heterocycles. The minimum Gasteiger partial charge on any atom is -0.281 e. The highest BCUT2D eigenvalue weighted by atomic mass is 79.9. The zero-order valence-corrected chi connectivity index (χ0v) is 15.0. The predicted octanol–water partition coefficient (Wildman–Crippen LogP) is 6.07. The van der Waals surface area contributed by atoms with Gasteiger partial charge in [-0.05, 0) is 35.4 Å². The molecule has 0 fully saturated rings. The van der Waals surface area contributed by atoms with Gasteiger partial charge >= 0.3 is 0 Å². The fourth-order valence-corrected chi connectivity index (χ4v) is 3.45. The maximum absolute atomic E-state index is 4.97. The smallest absolute Gasteiger partial charge is 0.0756 e. The summed E-state index contributed by atoms with van der Waals surface area (Å²) in [6.07, 6.45) is 2.15. The SMILES string of the molecule is CC(C)(C)c1ccc(C2CCC(c3ccccc3Br)=N2)cc1. The zero-order chi connectivity index (χ0) is 15.7. The lowest BCUT2D eigenvalue weighted by molar-refractivity contribution is 0.589. The molecule has 0 spiro atoms. The topological polar surface area (TPSA) is 12.4 Å². The van der Waals surface area contributed by atoms with Gasteiger partial charge in [-0.3, -0.25) is 4.99 Å². The first-order valence-electron chi connectivity index (χ1n) is 7.87. The van der Waals surface area contributed by atoms with Crippen LogP contribution in [0.15, 0.2) is 58.0 Å². The number of rotatable bonds is 2. The van der Waals surface area contributed by atoms with Crippen LogP contribution in [0.25, 0.3) is 0 Å². The molecule has 2 aromatic carbocycles. The Bertz CT molecular complexity index is 692. The number of hydrogen-bond donors (Lipinski definition) is 0. The monoisotopic (exact) mass is 355 g/mol. The minimum absolute atomic E-state index is 0.206. The van der Waals surface area contributed by atoms with E-state index in [1.165, 1.54) is 22.4 Å². The van der Waals surface area contributed by atoms with E-state index in [-0.39, 0.29) is 5.41 Å². The molecular weight excluding hydrogens is 334 g/mol. The summed E-state index contributed by atoms with van der Waals surface area (Å²) in [5.41, 5.74) is 5.37. The van der Waals surface area contributed by atoms with Crippen molar-refractivity contribution in [2.45, 2.75) is 45.1 Å². The second kappa shape index (κ2) is 6.00. The van der Waals surface area contributed by atoms with E-state index in [0.717, 1.165) is 17.3 Å². The van der Waals surface area contributed by atoms with Crippen LogP contribution in [0.3, 0.4) is 0 Å². The molecule has 2 heteroatoms. The Balaban J connectivity index is 1.84. The molecule has 0 aliphatic carbocycles. The van der Waals surface area contributed by atoms with Crippen LogP contribution in [-0.4, -0.2) is 5.71 Å². The maximum Gasteiger partial charge on any atom is 0.0756 e. The lowest BCUT2D eigenvalue weighted by atomic mass is 9.86. The van der Waals surface area contributed by atoms with Crippen LogP contribution >= 0.6 is 15.9 Å². The molecule has 1 aliphatic heterocycles. The summed E-state index contributed by atoms with van der Waals surface area (Å²) < 4.78 is 1.14. The molecule has 0 N–H and O–H groups in total. The minimum atomic E-state index is 0.206. The van der Waals surface area contributed by atoms with E-state index in [1.54, 1.807) is 0 Å². The third kappa shape index (κ3) is 3.17. The van der Waals surface area contributed by atoms with Gasteiger partial charge in [-0.1, -0.05) is 79.2 Å². The highest BCUT2D eigenvalue weighted by Crippen LogP contribution is 2.33. The summed E-state index contributed by atoms with van der Waals surface area (Å²) in [6.45, 7) is 6.75. The Labute approximate surface area is 141 Å². The predicted molar refractivity (Wildman–Crippen MR) is 97.8 cm³/mol. The summed E-state index contributed by atoms with van der Waals surface area (Å²) >= 11 is 3.63. The molecule has 0 aromatic heterocycles. The van der Waals surface area contributed by atoms with Crippen molar-refractivity contribution in [1.82, 2.24) is 0 Å². The van der Waals surface area contributed by atoms with Crippen molar-refractivity contribution >= 4 is 21.6 Å². The number of benzene rings is 2. The molecule has 0 radical (unpaired) electrons. The fraction of sp³-hybridized carbons (Fsp3) is 0.350. The lowest BCUT2D eigenvalue weighted by Gasteiger charge is -2.19. The molecule has 2 aromatic rings. The van der Waals surface area contributed by atoms with Gasteiger partial charge in [0.2, 0.25) is 0 Å². The van der Waals surface area contributed by atoms with E-state index in [9.17, 15) is 0 Å². The summed E-state index contributed by atoms with van der Waals surface area (Å²) in [5, 5.41) is 0. The van der Waals surface area contributed by atoms with E-state index >= 15 is 0 Å². The second-order valence-corrected chi connectivity index (χ2v) is 7.84. The van der Waals surface area contributed by atoms with E-state index in [4.69, 9.17) is 4.99 Å². The zero-order valence-electron chi connectivity index (χ0n) is 13.4. The van der Waals surface area contributed by atoms with Crippen LogP contribution in [0.2, 0.25) is 0 Å². The van der Waals surface area contributed by atoms with Crippen molar-refractivity contribution in [2.75, 3.05) is 0 Å². The summed E-state index contributed by atoms with van der Waals surface area (Å²) in [7, 11) is 0. The Morgan fingerprint density at radius 1 is 1.00 bits per heavy atom. The molecule has 22 heavy (non-hydrogen) atoms. The van der Waals surface area contributed by atoms with E-state index in [0.29, 0.717) is 6.04 Å². The van der Waals surface area contributed by atoms with Crippen molar-refractivity contribution in [3.63, 3.8) is 0 Å². The molecule has 1 atom stereocenters. The average Bonchev–Trinajstić information content (AvgIpc) is 2.96. The van der Waals surface area contributed by atoms with Crippen molar-refractivity contribution < 1.29 is 0 Å². The van der Waals surface area contributed by atoms with Crippen molar-refractivity contribution in [2.24, 2.45) is 4.99 Å². The van der Waals surface area contributed by atoms with Gasteiger partial charge in [0.25, 0.3) is 0 Å². The molecule has 1 aliphatic rings. The molecule has 1 unspecified atom stereocenters. The third-order valence-electron chi connectivity index (χ3n) is 4.31. The number of aliphatic imine (C=N–C) groups is 1. The van der Waals surface area contributed by atoms with E-state index < -0.39 is 0 Å². The van der Waals surface area contributed by atoms with Crippen LogP contribution in [-0.2, 0) is 5.41 Å². The Morgan fingerprint density at radius 3 is 2.32 bits per heavy atom. The van der Waals surface area contributed by atoms with Crippen LogP contribution in [0.1, 0.15) is 56.3 Å². The number of hydrogen-bond acceptors (Lipinski definition) is 1. The molecule has 1 nitrogen and oxygen atoms in total. The number of halogens is 1. The largest absolute Gasteiger partial charge is 0.281 e. The molecule has 1 heterocycles. The van der Waals surface area contributed by atoms with Crippen molar-refractivity contribution in [3.05, 3.63) is 69.7 Å². The van der Waals surface area contributed by atoms with Gasteiger partial charge in [0.1, 0.15) is 0 Å².